The topological polar surface area (TPSA) is 94.3 Å². The maximum Gasteiger partial charge on any atom is 0.250 e. The number of hydrogen-bond acceptors (Lipinski definition) is 7. The van der Waals surface area contributed by atoms with Gasteiger partial charge < -0.3 is 4.74 Å². The number of methoxy groups -OCH3 is 1. The van der Waals surface area contributed by atoms with Gasteiger partial charge >= 0.3 is 0 Å². The van der Waals surface area contributed by atoms with E-state index < -0.39 is 0 Å². The second-order valence-electron chi connectivity index (χ2n) is 7.46. The monoisotopic (exact) mass is 472 g/mol. The van der Waals surface area contributed by atoms with Crippen LogP contribution in [0.15, 0.2) is 83.3 Å². The van der Waals surface area contributed by atoms with Gasteiger partial charge in [-0.1, -0.05) is 29.5 Å². The standard InChI is InChI=1S/C25H24N6O2S/c1-17-4-8-21(9-5-17)31-24(20-6-10-22(33-3)11-7-20)29-30-25(31)34-16-23(32)28-27-18(2)19-12-14-26-15-13-19/h4-15H,16H2,1-3H3,(H,28,32)/b27-18+. The molecule has 0 spiro atoms. The number of amides is 1. The first-order valence-corrected chi connectivity index (χ1v) is 11.6. The van der Waals surface area contributed by atoms with Gasteiger partial charge in [0.15, 0.2) is 11.0 Å². The third kappa shape index (κ3) is 5.49. The van der Waals surface area contributed by atoms with Crippen LogP contribution in [0.4, 0.5) is 0 Å². The molecule has 4 rings (SSSR count). The number of hydrazone groups is 1. The molecule has 0 aliphatic carbocycles. The quantitative estimate of drug-likeness (QED) is 0.234. The first-order chi connectivity index (χ1) is 16.5. The Hall–Kier alpha value is -3.98. The Morgan fingerprint density at radius 1 is 1.03 bits per heavy atom. The lowest BCUT2D eigenvalue weighted by Gasteiger charge is -2.11. The van der Waals surface area contributed by atoms with Crippen LogP contribution in [-0.4, -0.2) is 44.2 Å². The highest BCUT2D eigenvalue weighted by atomic mass is 32.2. The van der Waals surface area contributed by atoms with Crippen LogP contribution in [0.1, 0.15) is 18.1 Å². The zero-order chi connectivity index (χ0) is 23.9. The lowest BCUT2D eigenvalue weighted by Crippen LogP contribution is -2.21. The molecule has 0 unspecified atom stereocenters. The maximum atomic E-state index is 12.5. The molecule has 0 aliphatic rings. The first-order valence-electron chi connectivity index (χ1n) is 10.6. The maximum absolute atomic E-state index is 12.5. The number of carbonyl (C=O) groups is 1. The molecule has 0 aliphatic heterocycles. The molecule has 8 nitrogen and oxygen atoms in total. The highest BCUT2D eigenvalue weighted by Crippen LogP contribution is 2.29. The summed E-state index contributed by atoms with van der Waals surface area (Å²) in [6, 6.07) is 19.4. The number of hydrogen-bond donors (Lipinski definition) is 1. The molecule has 1 N–H and O–H groups in total. The van der Waals surface area contributed by atoms with Crippen molar-refractivity contribution in [1.29, 1.82) is 0 Å². The van der Waals surface area contributed by atoms with Gasteiger partial charge in [0.2, 0.25) is 0 Å². The number of benzene rings is 2. The smallest absolute Gasteiger partial charge is 0.250 e. The minimum absolute atomic E-state index is 0.139. The number of carbonyl (C=O) groups excluding carboxylic acids is 1. The molecule has 2 heterocycles. The number of nitrogens with one attached hydrogen (secondary N) is 1. The molecule has 172 valence electrons. The second-order valence-corrected chi connectivity index (χ2v) is 8.40. The third-order valence-electron chi connectivity index (χ3n) is 5.05. The van der Waals surface area contributed by atoms with Gasteiger partial charge in [-0.15, -0.1) is 10.2 Å². The number of pyridine rings is 1. The summed E-state index contributed by atoms with van der Waals surface area (Å²) >= 11 is 1.30. The minimum atomic E-state index is -0.233. The molecule has 34 heavy (non-hydrogen) atoms. The minimum Gasteiger partial charge on any atom is -0.497 e. The van der Waals surface area contributed by atoms with Gasteiger partial charge in [-0.2, -0.15) is 5.10 Å². The van der Waals surface area contributed by atoms with E-state index in [1.807, 2.05) is 79.1 Å². The van der Waals surface area contributed by atoms with Crippen molar-refractivity contribution in [2.45, 2.75) is 19.0 Å². The summed E-state index contributed by atoms with van der Waals surface area (Å²) < 4.78 is 7.22. The molecule has 0 atom stereocenters. The van der Waals surface area contributed by atoms with Gasteiger partial charge in [-0.25, -0.2) is 5.43 Å². The summed E-state index contributed by atoms with van der Waals surface area (Å²) in [7, 11) is 1.63. The lowest BCUT2D eigenvalue weighted by molar-refractivity contribution is -0.118. The van der Waals surface area contributed by atoms with E-state index in [9.17, 15) is 4.79 Å². The Kier molecular flexibility index (Phi) is 7.34. The molecule has 0 fully saturated rings. The average Bonchev–Trinajstić information content (AvgIpc) is 3.31. The zero-order valence-corrected chi connectivity index (χ0v) is 19.9. The predicted octanol–water partition coefficient (Wildman–Crippen LogP) is 4.28. The Bertz CT molecular complexity index is 1290. The van der Waals surface area contributed by atoms with Crippen molar-refractivity contribution in [3.05, 3.63) is 84.2 Å². The zero-order valence-electron chi connectivity index (χ0n) is 19.1. The van der Waals surface area contributed by atoms with Crippen molar-refractivity contribution < 1.29 is 9.53 Å². The van der Waals surface area contributed by atoms with Crippen molar-refractivity contribution in [3.8, 4) is 22.8 Å². The van der Waals surface area contributed by atoms with Gasteiger partial charge in [-0.05, 0) is 62.4 Å². The van der Waals surface area contributed by atoms with Crippen LogP contribution in [-0.2, 0) is 4.79 Å². The van der Waals surface area contributed by atoms with E-state index in [4.69, 9.17) is 4.74 Å². The van der Waals surface area contributed by atoms with Gasteiger partial charge in [-0.3, -0.25) is 14.3 Å². The summed E-state index contributed by atoms with van der Waals surface area (Å²) in [4.78, 5) is 16.5. The molecule has 2 aromatic heterocycles. The van der Waals surface area contributed by atoms with E-state index in [0.29, 0.717) is 16.7 Å². The fraction of sp³-hybridized carbons (Fsp3) is 0.160. The van der Waals surface area contributed by atoms with Crippen LogP contribution in [0.2, 0.25) is 0 Å². The molecule has 0 saturated heterocycles. The second kappa shape index (κ2) is 10.8. The number of nitrogens with zero attached hydrogens (tertiary/aromatic N) is 5. The van der Waals surface area contributed by atoms with Crippen LogP contribution in [0, 0.1) is 6.92 Å². The Morgan fingerprint density at radius 2 is 1.74 bits per heavy atom. The average molecular weight is 473 g/mol. The van der Waals surface area contributed by atoms with Crippen molar-refractivity contribution in [2.24, 2.45) is 5.10 Å². The van der Waals surface area contributed by atoms with E-state index in [-0.39, 0.29) is 11.7 Å². The van der Waals surface area contributed by atoms with Crippen molar-refractivity contribution in [3.63, 3.8) is 0 Å². The molecule has 4 aromatic rings. The molecule has 0 radical (unpaired) electrons. The summed E-state index contributed by atoms with van der Waals surface area (Å²) in [5.41, 5.74) is 7.16. The molecule has 0 bridgehead atoms. The molecular formula is C25H24N6O2S. The first kappa shape index (κ1) is 23.2. The Morgan fingerprint density at radius 3 is 2.41 bits per heavy atom. The fourth-order valence-corrected chi connectivity index (χ4v) is 3.93. The number of aromatic nitrogens is 4. The number of aryl methyl sites for hydroxylation is 1. The number of rotatable bonds is 8. The van der Waals surface area contributed by atoms with Crippen LogP contribution < -0.4 is 10.2 Å². The lowest BCUT2D eigenvalue weighted by atomic mass is 10.2. The van der Waals surface area contributed by atoms with Crippen LogP contribution in [0.3, 0.4) is 0 Å². The SMILES string of the molecule is COc1ccc(-c2nnc(SCC(=O)N/N=C(\C)c3ccncc3)n2-c2ccc(C)cc2)cc1. The summed E-state index contributed by atoms with van der Waals surface area (Å²) in [5.74, 6) is 1.35. The predicted molar refractivity (Wildman–Crippen MR) is 133 cm³/mol. The molecule has 0 saturated carbocycles. The normalized spacial score (nSPS) is 11.3. The van der Waals surface area contributed by atoms with E-state index in [2.05, 4.69) is 25.7 Å². The van der Waals surface area contributed by atoms with E-state index in [0.717, 1.165) is 28.1 Å². The summed E-state index contributed by atoms with van der Waals surface area (Å²) in [5, 5.41) is 13.6. The Labute approximate surface area is 202 Å². The third-order valence-corrected chi connectivity index (χ3v) is 5.98. The van der Waals surface area contributed by atoms with Gasteiger partial charge in [0.05, 0.1) is 18.6 Å². The Balaban J connectivity index is 1.54. The van der Waals surface area contributed by atoms with Crippen molar-refractivity contribution in [2.75, 3.05) is 12.9 Å². The molecule has 1 amide bonds. The van der Waals surface area contributed by atoms with Crippen molar-refractivity contribution in [1.82, 2.24) is 25.2 Å². The molecule has 9 heteroatoms. The van der Waals surface area contributed by atoms with Gasteiger partial charge in [0, 0.05) is 29.2 Å². The van der Waals surface area contributed by atoms with E-state index >= 15 is 0 Å². The fourth-order valence-electron chi connectivity index (χ4n) is 3.18. The van der Waals surface area contributed by atoms with Crippen LogP contribution >= 0.6 is 11.8 Å². The summed E-state index contributed by atoms with van der Waals surface area (Å²) in [6.45, 7) is 3.87. The number of ether oxygens (including phenoxy) is 1. The highest BCUT2D eigenvalue weighted by Gasteiger charge is 2.17. The summed E-state index contributed by atoms with van der Waals surface area (Å²) in [6.07, 6.45) is 3.37. The van der Waals surface area contributed by atoms with Crippen LogP contribution in [0.25, 0.3) is 17.1 Å². The molecule has 2 aromatic carbocycles. The van der Waals surface area contributed by atoms with E-state index in [1.165, 1.54) is 11.8 Å². The van der Waals surface area contributed by atoms with Gasteiger partial charge in [0.25, 0.3) is 5.91 Å². The van der Waals surface area contributed by atoms with Crippen LogP contribution in [0.5, 0.6) is 5.75 Å². The van der Waals surface area contributed by atoms with Gasteiger partial charge in [0.1, 0.15) is 5.75 Å². The highest BCUT2D eigenvalue weighted by molar-refractivity contribution is 7.99. The van der Waals surface area contributed by atoms with E-state index in [1.54, 1.807) is 19.5 Å². The molecular weight excluding hydrogens is 448 g/mol. The largest absolute Gasteiger partial charge is 0.497 e. The number of thioether (sulfide) groups is 1. The van der Waals surface area contributed by atoms with Crippen molar-refractivity contribution >= 4 is 23.4 Å².